The van der Waals surface area contributed by atoms with Gasteiger partial charge in [-0.25, -0.2) is 9.18 Å². The number of halogens is 4. The van der Waals surface area contributed by atoms with Crippen LogP contribution in [0.1, 0.15) is 63.9 Å². The smallest absolute Gasteiger partial charge is 0.335 e. The van der Waals surface area contributed by atoms with Crippen molar-refractivity contribution in [2.45, 2.75) is 94.7 Å². The summed E-state index contributed by atoms with van der Waals surface area (Å²) in [5.41, 5.74) is 0.0289. The van der Waals surface area contributed by atoms with Crippen molar-refractivity contribution in [3.05, 3.63) is 41.2 Å². The van der Waals surface area contributed by atoms with Crippen molar-refractivity contribution >= 4 is 17.6 Å². The molecule has 4 heterocycles. The lowest BCUT2D eigenvalue weighted by Crippen LogP contribution is -2.54. The molecule has 2 unspecified atom stereocenters. The van der Waals surface area contributed by atoms with Crippen molar-refractivity contribution in [3.8, 4) is 0 Å². The van der Waals surface area contributed by atoms with E-state index >= 15 is 0 Å². The molecular weight excluding hydrogens is 476 g/mol. The third-order valence-corrected chi connectivity index (χ3v) is 8.17. The largest absolute Gasteiger partial charge is 0.416 e. The molecule has 3 amide bonds. The molecule has 4 bridgehead atoms. The van der Waals surface area contributed by atoms with Crippen LogP contribution in [0.3, 0.4) is 0 Å². The van der Waals surface area contributed by atoms with E-state index in [1.807, 2.05) is 4.90 Å². The molecule has 0 saturated carbocycles. The van der Waals surface area contributed by atoms with Gasteiger partial charge in [0.25, 0.3) is 0 Å². The van der Waals surface area contributed by atoms with Crippen molar-refractivity contribution in [2.75, 3.05) is 11.9 Å². The topological polar surface area (TPSA) is 64.7 Å². The Labute approximate surface area is 208 Å². The summed E-state index contributed by atoms with van der Waals surface area (Å²) >= 11 is 0. The van der Waals surface area contributed by atoms with Crippen LogP contribution in [0.15, 0.2) is 29.8 Å². The fraction of sp³-hybridized carbons (Fsp3) is 0.615. The lowest BCUT2D eigenvalue weighted by molar-refractivity contribution is -0.138. The first kappa shape index (κ1) is 25.0. The maximum Gasteiger partial charge on any atom is 0.416 e. The zero-order valence-corrected chi connectivity index (χ0v) is 20.3. The summed E-state index contributed by atoms with van der Waals surface area (Å²) < 4.78 is 52.5. The minimum atomic E-state index is -4.70. The third kappa shape index (κ3) is 5.23. The van der Waals surface area contributed by atoms with Crippen molar-refractivity contribution in [1.82, 2.24) is 15.1 Å². The van der Waals surface area contributed by atoms with E-state index in [9.17, 15) is 27.2 Å². The van der Waals surface area contributed by atoms with E-state index < -0.39 is 23.6 Å². The summed E-state index contributed by atoms with van der Waals surface area (Å²) in [6.07, 6.45) is 5.36. The van der Waals surface area contributed by atoms with Crippen molar-refractivity contribution in [1.29, 1.82) is 0 Å². The lowest BCUT2D eigenvalue weighted by Gasteiger charge is -2.46. The van der Waals surface area contributed by atoms with E-state index in [4.69, 9.17) is 0 Å². The van der Waals surface area contributed by atoms with Gasteiger partial charge < -0.3 is 15.5 Å². The second-order valence-electron chi connectivity index (χ2n) is 10.7. The molecule has 5 atom stereocenters. The average Bonchev–Trinajstić information content (AvgIpc) is 2.99. The van der Waals surface area contributed by atoms with Gasteiger partial charge in [0.1, 0.15) is 5.82 Å². The number of nitrogens with one attached hydrogen (secondary N) is 2. The number of alkyl halides is 3. The molecule has 0 aromatic heterocycles. The first-order valence-electron chi connectivity index (χ1n) is 12.8. The zero-order valence-electron chi connectivity index (χ0n) is 20.3. The predicted molar refractivity (Wildman–Crippen MR) is 127 cm³/mol. The molecule has 196 valence electrons. The van der Waals surface area contributed by atoms with E-state index in [1.54, 1.807) is 6.92 Å². The monoisotopic (exact) mass is 508 g/mol. The van der Waals surface area contributed by atoms with Crippen molar-refractivity contribution in [3.63, 3.8) is 0 Å². The molecule has 1 aromatic carbocycles. The van der Waals surface area contributed by atoms with Crippen LogP contribution in [0.5, 0.6) is 0 Å². The Morgan fingerprint density at radius 2 is 1.75 bits per heavy atom. The highest BCUT2D eigenvalue weighted by atomic mass is 19.4. The molecule has 4 aliphatic heterocycles. The number of amides is 3. The third-order valence-electron chi connectivity index (χ3n) is 8.17. The highest BCUT2D eigenvalue weighted by Crippen LogP contribution is 2.39. The van der Waals surface area contributed by atoms with Crippen LogP contribution in [0.2, 0.25) is 0 Å². The Hall–Kier alpha value is -2.62. The summed E-state index contributed by atoms with van der Waals surface area (Å²) in [5.74, 6) is -0.905. The zero-order chi connectivity index (χ0) is 25.6. The molecule has 3 fully saturated rings. The highest BCUT2D eigenvalue weighted by molar-refractivity contribution is 5.89. The minimum Gasteiger partial charge on any atom is -0.335 e. The van der Waals surface area contributed by atoms with Gasteiger partial charge in [-0.05, 0) is 69.6 Å². The van der Waals surface area contributed by atoms with Gasteiger partial charge in [0.15, 0.2) is 0 Å². The summed E-state index contributed by atoms with van der Waals surface area (Å²) in [6.45, 7) is 2.54. The first-order valence-corrected chi connectivity index (χ1v) is 12.8. The van der Waals surface area contributed by atoms with Crippen LogP contribution in [0.25, 0.3) is 0 Å². The Morgan fingerprint density at radius 3 is 2.39 bits per heavy atom. The second-order valence-corrected chi connectivity index (χ2v) is 10.7. The van der Waals surface area contributed by atoms with Crippen LogP contribution >= 0.6 is 0 Å². The molecule has 1 aromatic rings. The Morgan fingerprint density at radius 1 is 1.03 bits per heavy atom. The van der Waals surface area contributed by atoms with E-state index in [-0.39, 0.29) is 23.7 Å². The highest BCUT2D eigenvalue weighted by Gasteiger charge is 2.43. The Kier molecular flexibility index (Phi) is 6.74. The molecule has 6 nitrogen and oxygen atoms in total. The number of fused-ring (bicyclic) bond motifs is 4. The van der Waals surface area contributed by atoms with Crippen LogP contribution in [-0.2, 0) is 11.0 Å². The number of rotatable bonds is 4. The molecule has 3 saturated heterocycles. The van der Waals surface area contributed by atoms with Gasteiger partial charge in [0.05, 0.1) is 11.6 Å². The lowest BCUT2D eigenvalue weighted by atomic mass is 9.84. The first-order chi connectivity index (χ1) is 17.1. The normalized spacial score (nSPS) is 30.1. The summed E-state index contributed by atoms with van der Waals surface area (Å²) in [4.78, 5) is 29.2. The molecule has 2 N–H and O–H groups in total. The molecule has 4 aliphatic rings. The quantitative estimate of drug-likeness (QED) is 0.442. The standard InChI is InChI=1S/C26H32F4N4O2/c1-15(35)34-23-3-2-4-24(34)8-16(7-23)14-33-21-5-6-22(33)13-20(12-21)32-25(36)31-19-10-17(26(28,29)30)9-18(27)11-19/h7,9-11,20-24H,2-6,8,12-14H2,1H3,(H2,31,32,36)/t20-,21-,22+,23?,24?. The number of anilines is 1. The SMILES string of the molecule is CC(=O)N1C2C=C(CN3[C@@H]4CC[C@H]3C[C@H](NC(=O)Nc3cc(F)cc(C(F)(F)F)c3)C4)CC1CCC2. The van der Waals surface area contributed by atoms with E-state index in [1.165, 1.54) is 5.57 Å². The van der Waals surface area contributed by atoms with E-state index in [0.29, 0.717) is 24.2 Å². The summed E-state index contributed by atoms with van der Waals surface area (Å²) in [6, 6.07) is 2.44. The van der Waals surface area contributed by atoms with Gasteiger partial charge in [-0.2, -0.15) is 13.2 Å². The van der Waals surface area contributed by atoms with Crippen molar-refractivity contribution in [2.24, 2.45) is 0 Å². The van der Waals surface area contributed by atoms with Crippen LogP contribution in [0.4, 0.5) is 28.0 Å². The number of carbonyl (C=O) groups excluding carboxylic acids is 2. The second kappa shape index (κ2) is 9.68. The maximum absolute atomic E-state index is 13.6. The molecule has 5 rings (SSSR count). The number of nitrogens with zero attached hydrogens (tertiary/aromatic N) is 2. The summed E-state index contributed by atoms with van der Waals surface area (Å²) in [5, 5.41) is 5.24. The molecule has 36 heavy (non-hydrogen) atoms. The van der Waals surface area contributed by atoms with E-state index in [2.05, 4.69) is 21.6 Å². The fourth-order valence-electron chi connectivity index (χ4n) is 6.79. The number of carbonyl (C=O) groups is 2. The van der Waals surface area contributed by atoms with Gasteiger partial charge >= 0.3 is 12.2 Å². The molecule has 0 aliphatic carbocycles. The van der Waals surface area contributed by atoms with Gasteiger partial charge in [-0.15, -0.1) is 0 Å². The number of piperidine rings is 2. The Bertz CT molecular complexity index is 1040. The molecule has 10 heteroatoms. The number of hydrogen-bond acceptors (Lipinski definition) is 3. The van der Waals surface area contributed by atoms with Gasteiger partial charge in [-0.1, -0.05) is 11.6 Å². The van der Waals surface area contributed by atoms with E-state index in [0.717, 1.165) is 70.0 Å². The van der Waals surface area contributed by atoms with Gasteiger partial charge in [-0.3, -0.25) is 9.69 Å². The average molecular weight is 509 g/mol. The van der Waals surface area contributed by atoms with Crippen LogP contribution < -0.4 is 10.6 Å². The molecule has 0 spiro atoms. The summed E-state index contributed by atoms with van der Waals surface area (Å²) in [7, 11) is 0. The molecule has 0 radical (unpaired) electrons. The number of urea groups is 1. The van der Waals surface area contributed by atoms with Gasteiger partial charge in [0.2, 0.25) is 5.91 Å². The van der Waals surface area contributed by atoms with Crippen LogP contribution in [-0.4, -0.2) is 58.5 Å². The minimum absolute atomic E-state index is 0.0951. The predicted octanol–water partition coefficient (Wildman–Crippen LogP) is 5.06. The van der Waals surface area contributed by atoms with Crippen LogP contribution in [0, 0.1) is 5.82 Å². The number of hydrogen-bond donors (Lipinski definition) is 2. The molecular formula is C26H32F4N4O2. The maximum atomic E-state index is 13.6. The van der Waals surface area contributed by atoms with Gasteiger partial charge in [0, 0.05) is 43.3 Å². The Balaban J connectivity index is 1.18. The number of benzene rings is 1. The van der Waals surface area contributed by atoms with Crippen molar-refractivity contribution < 1.29 is 27.2 Å². The fourth-order valence-corrected chi connectivity index (χ4v) is 6.79.